The van der Waals surface area contributed by atoms with Gasteiger partial charge >= 0.3 is 0 Å². The minimum atomic E-state index is -0.779. The lowest BCUT2D eigenvalue weighted by Gasteiger charge is -2.28. The Bertz CT molecular complexity index is 445. The van der Waals surface area contributed by atoms with Gasteiger partial charge in [0.25, 0.3) is 0 Å². The molecule has 0 aromatic heterocycles. The van der Waals surface area contributed by atoms with E-state index in [-0.39, 0.29) is 6.04 Å². The van der Waals surface area contributed by atoms with E-state index in [0.717, 1.165) is 18.5 Å². The van der Waals surface area contributed by atoms with Gasteiger partial charge in [0.1, 0.15) is 0 Å². The fourth-order valence-electron chi connectivity index (χ4n) is 3.11. The van der Waals surface area contributed by atoms with E-state index in [0.29, 0.717) is 18.5 Å². The Balaban J connectivity index is 1.92. The molecular weight excluding hydrogens is 234 g/mol. The molecule has 1 saturated carbocycles. The third-order valence-corrected chi connectivity index (χ3v) is 4.17. The molecule has 1 aromatic carbocycles. The van der Waals surface area contributed by atoms with Crippen molar-refractivity contribution in [2.75, 3.05) is 13.1 Å². The molecule has 4 heteroatoms. The van der Waals surface area contributed by atoms with E-state index in [2.05, 4.69) is 4.90 Å². The summed E-state index contributed by atoms with van der Waals surface area (Å²) < 4.78 is 26.4. The van der Waals surface area contributed by atoms with Crippen LogP contribution in [-0.2, 0) is 0 Å². The minimum absolute atomic E-state index is 0.164. The Morgan fingerprint density at radius 2 is 1.94 bits per heavy atom. The zero-order chi connectivity index (χ0) is 12.7. The standard InChI is InChI=1S/C14H18F2N2/c15-12-4-1-9(7-13(12)16)14-10(8-17)5-6-18(14)11-2-3-11/h1,4,7,10-11,14H,2-3,5-6,8,17H2. The van der Waals surface area contributed by atoms with Gasteiger partial charge in [0.2, 0.25) is 0 Å². The van der Waals surface area contributed by atoms with Crippen LogP contribution in [0.15, 0.2) is 18.2 Å². The molecule has 1 aliphatic heterocycles. The molecule has 2 unspecified atom stereocenters. The van der Waals surface area contributed by atoms with Crippen molar-refractivity contribution in [1.29, 1.82) is 0 Å². The van der Waals surface area contributed by atoms with Crippen molar-refractivity contribution < 1.29 is 8.78 Å². The van der Waals surface area contributed by atoms with Crippen LogP contribution in [0.4, 0.5) is 8.78 Å². The zero-order valence-electron chi connectivity index (χ0n) is 10.3. The van der Waals surface area contributed by atoms with E-state index >= 15 is 0 Å². The molecule has 0 bridgehead atoms. The molecule has 2 aliphatic rings. The summed E-state index contributed by atoms with van der Waals surface area (Å²) in [5, 5.41) is 0. The van der Waals surface area contributed by atoms with Gasteiger partial charge in [-0.2, -0.15) is 0 Å². The summed E-state index contributed by atoms with van der Waals surface area (Å²) in [6, 6.07) is 5.05. The summed E-state index contributed by atoms with van der Waals surface area (Å²) in [4.78, 5) is 2.42. The van der Waals surface area contributed by atoms with Gasteiger partial charge in [0, 0.05) is 12.1 Å². The topological polar surface area (TPSA) is 29.3 Å². The SMILES string of the molecule is NCC1CCN(C2CC2)C1c1ccc(F)c(F)c1. The molecule has 1 aliphatic carbocycles. The number of rotatable bonds is 3. The van der Waals surface area contributed by atoms with Crippen molar-refractivity contribution in [3.8, 4) is 0 Å². The lowest BCUT2D eigenvalue weighted by molar-refractivity contribution is 0.220. The van der Waals surface area contributed by atoms with Crippen molar-refractivity contribution in [2.45, 2.75) is 31.3 Å². The maximum absolute atomic E-state index is 13.4. The Kier molecular flexibility index (Phi) is 3.08. The Labute approximate surface area is 106 Å². The number of nitrogens with two attached hydrogens (primary N) is 1. The Morgan fingerprint density at radius 1 is 1.17 bits per heavy atom. The monoisotopic (exact) mass is 252 g/mol. The maximum Gasteiger partial charge on any atom is 0.159 e. The van der Waals surface area contributed by atoms with Gasteiger partial charge < -0.3 is 5.73 Å². The van der Waals surface area contributed by atoms with E-state index in [9.17, 15) is 8.78 Å². The van der Waals surface area contributed by atoms with Crippen LogP contribution in [0.5, 0.6) is 0 Å². The van der Waals surface area contributed by atoms with E-state index in [1.54, 1.807) is 6.07 Å². The smallest absolute Gasteiger partial charge is 0.159 e. The Morgan fingerprint density at radius 3 is 2.56 bits per heavy atom. The van der Waals surface area contributed by atoms with Gasteiger partial charge in [0.05, 0.1) is 0 Å². The van der Waals surface area contributed by atoms with Crippen LogP contribution < -0.4 is 5.73 Å². The van der Waals surface area contributed by atoms with Crippen LogP contribution in [0.2, 0.25) is 0 Å². The van der Waals surface area contributed by atoms with E-state index < -0.39 is 11.6 Å². The lowest BCUT2D eigenvalue weighted by Crippen LogP contribution is -2.30. The molecule has 2 fully saturated rings. The molecule has 2 nitrogen and oxygen atoms in total. The third-order valence-electron chi connectivity index (χ3n) is 4.17. The van der Waals surface area contributed by atoms with Gasteiger partial charge in [-0.05, 0) is 56.0 Å². The molecule has 3 rings (SSSR count). The number of hydrogen-bond donors (Lipinski definition) is 1. The fourth-order valence-corrected chi connectivity index (χ4v) is 3.11. The molecule has 0 amide bonds. The van der Waals surface area contributed by atoms with Crippen molar-refractivity contribution in [1.82, 2.24) is 4.90 Å². The molecule has 18 heavy (non-hydrogen) atoms. The molecular formula is C14H18F2N2. The number of halogens is 2. The number of benzene rings is 1. The second-order valence-corrected chi connectivity index (χ2v) is 5.37. The summed E-state index contributed by atoms with van der Waals surface area (Å²) in [5.74, 6) is -1.18. The van der Waals surface area contributed by atoms with Gasteiger partial charge in [-0.25, -0.2) is 8.78 Å². The molecule has 1 heterocycles. The number of hydrogen-bond acceptors (Lipinski definition) is 2. The molecule has 2 N–H and O–H groups in total. The molecule has 1 saturated heterocycles. The highest BCUT2D eigenvalue weighted by atomic mass is 19.2. The van der Waals surface area contributed by atoms with Crippen LogP contribution in [-0.4, -0.2) is 24.0 Å². The number of likely N-dealkylation sites (tertiary alicyclic amines) is 1. The lowest BCUT2D eigenvalue weighted by atomic mass is 9.93. The first-order valence-electron chi connectivity index (χ1n) is 6.61. The first-order chi connectivity index (χ1) is 8.70. The highest BCUT2D eigenvalue weighted by Gasteiger charge is 2.42. The molecule has 1 aromatic rings. The van der Waals surface area contributed by atoms with E-state index in [1.165, 1.54) is 25.0 Å². The zero-order valence-corrected chi connectivity index (χ0v) is 10.3. The highest BCUT2D eigenvalue weighted by Crippen LogP contribution is 2.43. The second-order valence-electron chi connectivity index (χ2n) is 5.37. The quantitative estimate of drug-likeness (QED) is 0.895. The van der Waals surface area contributed by atoms with Crippen LogP contribution >= 0.6 is 0 Å². The average molecular weight is 252 g/mol. The largest absolute Gasteiger partial charge is 0.330 e. The summed E-state index contributed by atoms with van der Waals surface area (Å²) in [5.41, 5.74) is 6.69. The first kappa shape index (κ1) is 12.1. The predicted molar refractivity (Wildman–Crippen MR) is 66.0 cm³/mol. The van der Waals surface area contributed by atoms with E-state index in [4.69, 9.17) is 5.73 Å². The van der Waals surface area contributed by atoms with Crippen LogP contribution in [0, 0.1) is 17.6 Å². The van der Waals surface area contributed by atoms with Crippen molar-refractivity contribution in [3.05, 3.63) is 35.4 Å². The summed E-state index contributed by atoms with van der Waals surface area (Å²) in [7, 11) is 0. The maximum atomic E-state index is 13.4. The van der Waals surface area contributed by atoms with E-state index in [1.807, 2.05) is 0 Å². The highest BCUT2D eigenvalue weighted by molar-refractivity contribution is 5.24. The summed E-state index contributed by atoms with van der Waals surface area (Å²) in [6.45, 7) is 1.63. The molecule has 0 spiro atoms. The molecule has 0 radical (unpaired) electrons. The third kappa shape index (κ3) is 2.04. The Hall–Kier alpha value is -1.00. The second kappa shape index (κ2) is 4.59. The van der Waals surface area contributed by atoms with Gasteiger partial charge in [-0.1, -0.05) is 6.07 Å². The minimum Gasteiger partial charge on any atom is -0.330 e. The fraction of sp³-hybridized carbons (Fsp3) is 0.571. The van der Waals surface area contributed by atoms with Crippen LogP contribution in [0.1, 0.15) is 30.9 Å². The first-order valence-corrected chi connectivity index (χ1v) is 6.61. The van der Waals surface area contributed by atoms with Crippen LogP contribution in [0.25, 0.3) is 0 Å². The van der Waals surface area contributed by atoms with Crippen LogP contribution in [0.3, 0.4) is 0 Å². The summed E-state index contributed by atoms with van der Waals surface area (Å²) in [6.07, 6.45) is 3.49. The summed E-state index contributed by atoms with van der Waals surface area (Å²) >= 11 is 0. The van der Waals surface area contributed by atoms with Gasteiger partial charge in [-0.15, -0.1) is 0 Å². The van der Waals surface area contributed by atoms with Crippen molar-refractivity contribution in [2.24, 2.45) is 11.7 Å². The van der Waals surface area contributed by atoms with Crippen molar-refractivity contribution in [3.63, 3.8) is 0 Å². The van der Waals surface area contributed by atoms with Gasteiger partial charge in [0.15, 0.2) is 11.6 Å². The normalized spacial score (nSPS) is 28.8. The molecule has 2 atom stereocenters. The number of nitrogens with zero attached hydrogens (tertiary/aromatic N) is 1. The van der Waals surface area contributed by atoms with Gasteiger partial charge in [-0.3, -0.25) is 4.90 Å². The van der Waals surface area contributed by atoms with Crippen molar-refractivity contribution >= 4 is 0 Å². The average Bonchev–Trinajstić information content (AvgIpc) is 3.12. The molecule has 98 valence electrons. The predicted octanol–water partition coefficient (Wildman–Crippen LogP) is 2.45.